The lowest BCUT2D eigenvalue weighted by Crippen LogP contribution is -2.72. The molecule has 4 rings (SSSR count). The maximum atomic E-state index is 13.1. The fourth-order valence-electron chi connectivity index (χ4n) is 5.32. The van der Waals surface area contributed by atoms with Gasteiger partial charge in [-0.2, -0.15) is 5.10 Å². The molecule has 0 aromatic carbocycles. The minimum atomic E-state index is -1.30. The minimum absolute atomic E-state index is 0.242. The number of nitrogens with zero attached hydrogens (tertiary/aromatic N) is 4. The first kappa shape index (κ1) is 23.2. The monoisotopic (exact) mass is 446 g/mol. The van der Waals surface area contributed by atoms with E-state index in [0.717, 1.165) is 51.7 Å². The number of hydrogen-bond acceptors (Lipinski definition) is 6. The van der Waals surface area contributed by atoms with E-state index in [9.17, 15) is 14.7 Å². The molecule has 2 aliphatic heterocycles. The number of rotatable bonds is 8. The van der Waals surface area contributed by atoms with Crippen molar-refractivity contribution in [3.63, 3.8) is 0 Å². The van der Waals surface area contributed by atoms with Crippen molar-refractivity contribution in [1.82, 2.24) is 30.2 Å². The lowest BCUT2D eigenvalue weighted by Gasteiger charge is -2.51. The smallest absolute Gasteiger partial charge is 0.272 e. The molecule has 0 bridgehead atoms. The van der Waals surface area contributed by atoms with Gasteiger partial charge in [-0.05, 0) is 65.6 Å². The highest BCUT2D eigenvalue weighted by Crippen LogP contribution is 2.35. The van der Waals surface area contributed by atoms with Gasteiger partial charge in [-0.15, -0.1) is 0 Å². The zero-order valence-electron chi connectivity index (χ0n) is 19.7. The van der Waals surface area contributed by atoms with Gasteiger partial charge in [-0.3, -0.25) is 19.6 Å². The van der Waals surface area contributed by atoms with Gasteiger partial charge in [0.2, 0.25) is 0 Å². The van der Waals surface area contributed by atoms with Crippen LogP contribution in [0.25, 0.3) is 0 Å². The Labute approximate surface area is 190 Å². The summed E-state index contributed by atoms with van der Waals surface area (Å²) in [6, 6.07) is 1.80. The zero-order valence-corrected chi connectivity index (χ0v) is 19.7. The number of carbonyl (C=O) groups is 2. The Balaban J connectivity index is 1.42. The van der Waals surface area contributed by atoms with Crippen molar-refractivity contribution in [2.45, 2.75) is 82.6 Å². The normalized spacial score (nSPS) is 26.4. The van der Waals surface area contributed by atoms with Crippen LogP contribution >= 0.6 is 0 Å². The topological polar surface area (TPSA) is 103 Å². The summed E-state index contributed by atoms with van der Waals surface area (Å²) in [5.74, 6) is -0.505. The first-order valence-electron chi connectivity index (χ1n) is 12.1. The van der Waals surface area contributed by atoms with Crippen LogP contribution in [0, 0.1) is 0 Å². The molecule has 1 saturated carbocycles. The number of fused-ring (bicyclic) bond motifs is 1. The molecule has 0 radical (unpaired) electrons. The molecule has 3 heterocycles. The summed E-state index contributed by atoms with van der Waals surface area (Å²) in [7, 11) is 1.71. The molecule has 32 heavy (non-hydrogen) atoms. The molecule has 1 aliphatic carbocycles. The molecule has 0 spiro atoms. The predicted octanol–water partition coefficient (Wildman–Crippen LogP) is 1.18. The number of nitrogens with one attached hydrogen (secondary N) is 2. The highest BCUT2D eigenvalue weighted by atomic mass is 16.3. The number of aromatic nitrogens is 2. The summed E-state index contributed by atoms with van der Waals surface area (Å²) in [4.78, 5) is 29.8. The van der Waals surface area contributed by atoms with Gasteiger partial charge in [0, 0.05) is 25.7 Å². The van der Waals surface area contributed by atoms with E-state index in [0.29, 0.717) is 18.8 Å². The Morgan fingerprint density at radius 1 is 1.28 bits per heavy atom. The van der Waals surface area contributed by atoms with E-state index in [1.54, 1.807) is 29.6 Å². The molecular weight excluding hydrogens is 408 g/mol. The van der Waals surface area contributed by atoms with Gasteiger partial charge in [0.1, 0.15) is 17.0 Å². The highest BCUT2D eigenvalue weighted by molar-refractivity contribution is 5.98. The van der Waals surface area contributed by atoms with Crippen molar-refractivity contribution in [2.24, 2.45) is 0 Å². The summed E-state index contributed by atoms with van der Waals surface area (Å²) >= 11 is 0. The molecule has 2 atom stereocenters. The Kier molecular flexibility index (Phi) is 6.61. The quantitative estimate of drug-likeness (QED) is 0.409. The van der Waals surface area contributed by atoms with E-state index in [-0.39, 0.29) is 23.6 Å². The van der Waals surface area contributed by atoms with Gasteiger partial charge in [0.15, 0.2) is 5.69 Å². The number of likely N-dealkylation sites (tertiary alicyclic amines) is 1. The lowest BCUT2D eigenvalue weighted by molar-refractivity contribution is -0.116. The Bertz CT molecular complexity index is 841. The summed E-state index contributed by atoms with van der Waals surface area (Å²) in [5.41, 5.74) is -1.58. The van der Waals surface area contributed by atoms with Crippen LogP contribution < -0.4 is 10.6 Å². The maximum Gasteiger partial charge on any atom is 0.272 e. The van der Waals surface area contributed by atoms with Gasteiger partial charge in [-0.1, -0.05) is 12.8 Å². The van der Waals surface area contributed by atoms with Gasteiger partial charge in [0.25, 0.3) is 11.8 Å². The first-order valence-corrected chi connectivity index (χ1v) is 12.1. The molecular formula is C23H38N6O3. The molecule has 1 saturated heterocycles. The van der Waals surface area contributed by atoms with Crippen molar-refractivity contribution in [1.29, 1.82) is 0 Å². The summed E-state index contributed by atoms with van der Waals surface area (Å²) in [6.45, 7) is 7.78. The molecule has 3 aliphatic rings. The third-order valence-corrected chi connectivity index (χ3v) is 7.76. The first-order chi connectivity index (χ1) is 15.2. The average molecular weight is 447 g/mol. The average Bonchev–Trinajstić information content (AvgIpc) is 3.51. The molecule has 2 unspecified atom stereocenters. The van der Waals surface area contributed by atoms with E-state index in [4.69, 9.17) is 0 Å². The fourth-order valence-corrected chi connectivity index (χ4v) is 5.32. The van der Waals surface area contributed by atoms with Crippen molar-refractivity contribution < 1.29 is 14.7 Å². The van der Waals surface area contributed by atoms with Crippen molar-refractivity contribution in [3.05, 3.63) is 17.5 Å². The van der Waals surface area contributed by atoms with Crippen LogP contribution in [0.2, 0.25) is 0 Å². The van der Waals surface area contributed by atoms with E-state index >= 15 is 0 Å². The lowest BCUT2D eigenvalue weighted by atomic mass is 9.85. The number of likely N-dealkylation sites (N-methyl/N-ethyl adjacent to an activating group) is 1. The minimum Gasteiger partial charge on any atom is -0.374 e. The number of aliphatic hydroxyl groups is 1. The van der Waals surface area contributed by atoms with E-state index < -0.39 is 11.3 Å². The molecule has 1 aromatic heterocycles. The second-order valence-electron chi connectivity index (χ2n) is 10.1. The Hall–Kier alpha value is -1.97. The summed E-state index contributed by atoms with van der Waals surface area (Å²) < 4.78 is 1.58. The van der Waals surface area contributed by atoms with E-state index in [1.807, 2.05) is 6.92 Å². The third kappa shape index (κ3) is 4.43. The fraction of sp³-hybridized carbons (Fsp3) is 0.783. The summed E-state index contributed by atoms with van der Waals surface area (Å²) in [5, 5.41) is 22.1. The molecule has 178 valence electrons. The molecule has 1 aromatic rings. The second kappa shape index (κ2) is 9.11. The summed E-state index contributed by atoms with van der Waals surface area (Å²) in [6.07, 6.45) is 7.78. The number of amides is 2. The highest BCUT2D eigenvalue weighted by Gasteiger charge is 2.53. The van der Waals surface area contributed by atoms with Gasteiger partial charge in [-0.25, -0.2) is 0 Å². The predicted molar refractivity (Wildman–Crippen MR) is 121 cm³/mol. The zero-order chi connectivity index (χ0) is 22.9. The molecule has 9 nitrogen and oxygen atoms in total. The van der Waals surface area contributed by atoms with Gasteiger partial charge in [0.05, 0.1) is 6.54 Å². The van der Waals surface area contributed by atoms with Crippen molar-refractivity contribution >= 4 is 11.8 Å². The van der Waals surface area contributed by atoms with Gasteiger partial charge >= 0.3 is 0 Å². The largest absolute Gasteiger partial charge is 0.374 e. The van der Waals surface area contributed by atoms with Crippen LogP contribution in [0.3, 0.4) is 0 Å². The van der Waals surface area contributed by atoms with Crippen LogP contribution in [0.15, 0.2) is 6.07 Å². The van der Waals surface area contributed by atoms with Crippen molar-refractivity contribution in [2.75, 3.05) is 33.2 Å². The Morgan fingerprint density at radius 2 is 1.97 bits per heavy atom. The number of carbonyl (C=O) groups excluding carboxylic acids is 2. The van der Waals surface area contributed by atoms with Crippen LogP contribution in [-0.2, 0) is 6.54 Å². The van der Waals surface area contributed by atoms with Crippen LogP contribution in [0.1, 0.15) is 79.8 Å². The Morgan fingerprint density at radius 3 is 2.66 bits per heavy atom. The second-order valence-corrected chi connectivity index (χ2v) is 10.1. The molecule has 9 heteroatoms. The standard InChI is InChI=1S/C23H38N6O3/c1-22(23(2,32)25-17-9-4-5-10-17)16-29-19(21(31)27(22)3)15-18(26-29)20(30)24-11-8-14-28-12-6-7-13-28/h15,17,25,32H,4-14,16H2,1-3H3,(H,24,30). The number of hydrogen-bond donors (Lipinski definition) is 3. The van der Waals surface area contributed by atoms with Crippen LogP contribution in [-0.4, -0.2) is 87.0 Å². The van der Waals surface area contributed by atoms with E-state index in [2.05, 4.69) is 20.6 Å². The molecule has 2 fully saturated rings. The van der Waals surface area contributed by atoms with Gasteiger partial charge < -0.3 is 20.2 Å². The van der Waals surface area contributed by atoms with Crippen LogP contribution in [0.4, 0.5) is 0 Å². The molecule has 3 N–H and O–H groups in total. The van der Waals surface area contributed by atoms with Crippen LogP contribution in [0.5, 0.6) is 0 Å². The maximum absolute atomic E-state index is 13.1. The molecule has 2 amide bonds. The van der Waals surface area contributed by atoms with E-state index in [1.165, 1.54) is 12.8 Å². The van der Waals surface area contributed by atoms with Crippen molar-refractivity contribution in [3.8, 4) is 0 Å². The SMILES string of the molecule is CN1C(=O)c2cc(C(=O)NCCCN3CCCC3)nn2CC1(C)C(C)(O)NC1CCCC1. The third-order valence-electron chi connectivity index (χ3n) is 7.76.